The molecule has 0 saturated carbocycles. The van der Waals surface area contributed by atoms with Crippen molar-refractivity contribution < 1.29 is 14.3 Å². The van der Waals surface area contributed by atoms with E-state index < -0.39 is 0 Å². The molecule has 0 spiro atoms. The number of methoxy groups -OCH3 is 1. The molecule has 1 amide bonds. The summed E-state index contributed by atoms with van der Waals surface area (Å²) >= 11 is 0. The molecule has 0 aromatic carbocycles. The van der Waals surface area contributed by atoms with Gasteiger partial charge in [-0.1, -0.05) is 26.7 Å². The molecule has 0 unspecified atom stereocenters. The van der Waals surface area contributed by atoms with Crippen LogP contribution in [0.4, 0.5) is 0 Å². The Morgan fingerprint density at radius 2 is 1.55 bits per heavy atom. The molecule has 0 aliphatic carbocycles. The maximum absolute atomic E-state index is 12.2. The molecule has 5 nitrogen and oxygen atoms in total. The van der Waals surface area contributed by atoms with E-state index in [2.05, 4.69) is 18.6 Å². The van der Waals surface area contributed by atoms with Gasteiger partial charge in [0.05, 0.1) is 20.1 Å². The third kappa shape index (κ3) is 8.91. The van der Waals surface area contributed by atoms with E-state index in [1.54, 1.807) is 0 Å². The van der Waals surface area contributed by atoms with Gasteiger partial charge in [0.1, 0.15) is 0 Å². The minimum Gasteiger partial charge on any atom is -0.469 e. The highest BCUT2D eigenvalue weighted by Crippen LogP contribution is 2.01. The molecule has 0 saturated heterocycles. The lowest BCUT2D eigenvalue weighted by Gasteiger charge is -2.25. The lowest BCUT2D eigenvalue weighted by atomic mass is 10.2. The standard InChI is InChI=1S/C15H30N2O3/c1-5-7-10-17(11-8-6-2)14(18)13-16(3)12-9-15(19)20-4/h5-13H2,1-4H3. The lowest BCUT2D eigenvalue weighted by Crippen LogP contribution is -2.40. The van der Waals surface area contributed by atoms with Gasteiger partial charge < -0.3 is 9.64 Å². The van der Waals surface area contributed by atoms with Gasteiger partial charge in [0.25, 0.3) is 0 Å². The SMILES string of the molecule is CCCCN(CCCC)C(=O)CN(C)CCC(=O)OC. The summed E-state index contributed by atoms with van der Waals surface area (Å²) < 4.78 is 4.60. The Bertz CT molecular complexity index is 274. The van der Waals surface area contributed by atoms with Gasteiger partial charge in [-0.15, -0.1) is 0 Å². The molecule has 0 radical (unpaired) electrons. The van der Waals surface area contributed by atoms with Crippen LogP contribution in [-0.4, -0.2) is 62.0 Å². The largest absolute Gasteiger partial charge is 0.469 e. The van der Waals surface area contributed by atoms with Crippen LogP contribution >= 0.6 is 0 Å². The minimum absolute atomic E-state index is 0.152. The van der Waals surface area contributed by atoms with Gasteiger partial charge in [-0.2, -0.15) is 0 Å². The molecule has 0 rings (SSSR count). The summed E-state index contributed by atoms with van der Waals surface area (Å²) in [6, 6.07) is 0. The van der Waals surface area contributed by atoms with Crippen LogP contribution < -0.4 is 0 Å². The number of carbonyl (C=O) groups is 2. The summed E-state index contributed by atoms with van der Waals surface area (Å²) in [4.78, 5) is 27.1. The number of ether oxygens (including phenoxy) is 1. The third-order valence-electron chi connectivity index (χ3n) is 3.25. The van der Waals surface area contributed by atoms with Gasteiger partial charge in [0.15, 0.2) is 0 Å². The maximum atomic E-state index is 12.2. The Kier molecular flexibility index (Phi) is 11.1. The number of esters is 1. The highest BCUT2D eigenvalue weighted by molar-refractivity contribution is 5.78. The van der Waals surface area contributed by atoms with E-state index in [9.17, 15) is 9.59 Å². The maximum Gasteiger partial charge on any atom is 0.306 e. The topological polar surface area (TPSA) is 49.9 Å². The molecule has 0 atom stereocenters. The van der Waals surface area contributed by atoms with Crippen LogP contribution in [0, 0.1) is 0 Å². The molecule has 0 heterocycles. The van der Waals surface area contributed by atoms with Crippen molar-refractivity contribution in [2.24, 2.45) is 0 Å². The number of rotatable bonds is 11. The van der Waals surface area contributed by atoms with Gasteiger partial charge in [-0.05, 0) is 19.9 Å². The fourth-order valence-electron chi connectivity index (χ4n) is 1.85. The molecule has 0 bridgehead atoms. The summed E-state index contributed by atoms with van der Waals surface area (Å²) in [6.07, 6.45) is 4.59. The number of nitrogens with zero attached hydrogens (tertiary/aromatic N) is 2. The quantitative estimate of drug-likeness (QED) is 0.544. The van der Waals surface area contributed by atoms with E-state index in [4.69, 9.17) is 0 Å². The van der Waals surface area contributed by atoms with E-state index in [0.29, 0.717) is 19.5 Å². The second-order valence-corrected chi connectivity index (χ2v) is 5.15. The van der Waals surface area contributed by atoms with Crippen LogP contribution in [0.3, 0.4) is 0 Å². The highest BCUT2D eigenvalue weighted by Gasteiger charge is 2.15. The van der Waals surface area contributed by atoms with E-state index in [0.717, 1.165) is 38.8 Å². The van der Waals surface area contributed by atoms with Crippen molar-refractivity contribution in [1.82, 2.24) is 9.80 Å². The first-order valence-electron chi connectivity index (χ1n) is 7.58. The van der Waals surface area contributed by atoms with Crippen molar-refractivity contribution in [3.8, 4) is 0 Å². The Labute approximate surface area is 123 Å². The van der Waals surface area contributed by atoms with Gasteiger partial charge >= 0.3 is 5.97 Å². The van der Waals surface area contributed by atoms with Crippen LogP contribution in [0.5, 0.6) is 0 Å². The summed E-state index contributed by atoms with van der Waals surface area (Å²) in [7, 11) is 3.24. The normalized spacial score (nSPS) is 10.7. The summed E-state index contributed by atoms with van der Waals surface area (Å²) in [5, 5.41) is 0. The fraction of sp³-hybridized carbons (Fsp3) is 0.867. The van der Waals surface area contributed by atoms with Gasteiger partial charge in [0.2, 0.25) is 5.91 Å². The smallest absolute Gasteiger partial charge is 0.306 e. The predicted molar refractivity (Wildman–Crippen MR) is 80.5 cm³/mol. The van der Waals surface area contributed by atoms with Crippen LogP contribution in [0.2, 0.25) is 0 Å². The highest BCUT2D eigenvalue weighted by atomic mass is 16.5. The van der Waals surface area contributed by atoms with E-state index in [1.165, 1.54) is 7.11 Å². The zero-order chi connectivity index (χ0) is 15.4. The fourth-order valence-corrected chi connectivity index (χ4v) is 1.85. The molecule has 0 fully saturated rings. The number of hydrogen-bond acceptors (Lipinski definition) is 4. The van der Waals surface area contributed by atoms with Crippen molar-refractivity contribution >= 4 is 11.9 Å². The van der Waals surface area contributed by atoms with Crippen LogP contribution in [0.25, 0.3) is 0 Å². The first-order valence-corrected chi connectivity index (χ1v) is 7.58. The molecular formula is C15H30N2O3. The van der Waals surface area contributed by atoms with Crippen LogP contribution in [0.1, 0.15) is 46.0 Å². The van der Waals surface area contributed by atoms with E-state index in [-0.39, 0.29) is 11.9 Å². The second-order valence-electron chi connectivity index (χ2n) is 5.15. The Hall–Kier alpha value is -1.10. The van der Waals surface area contributed by atoms with Gasteiger partial charge in [0, 0.05) is 19.6 Å². The van der Waals surface area contributed by atoms with Crippen molar-refractivity contribution in [2.45, 2.75) is 46.0 Å². The Morgan fingerprint density at radius 3 is 2.00 bits per heavy atom. The molecule has 0 aliphatic rings. The van der Waals surface area contributed by atoms with Crippen molar-refractivity contribution in [1.29, 1.82) is 0 Å². The molecular weight excluding hydrogens is 256 g/mol. The first kappa shape index (κ1) is 18.9. The minimum atomic E-state index is -0.238. The zero-order valence-corrected chi connectivity index (χ0v) is 13.5. The number of likely N-dealkylation sites (N-methyl/N-ethyl adjacent to an activating group) is 1. The summed E-state index contributed by atoms with van der Waals surface area (Å²) in [6.45, 7) is 6.84. The van der Waals surface area contributed by atoms with Crippen molar-refractivity contribution in [2.75, 3.05) is 40.3 Å². The number of unbranched alkanes of at least 4 members (excludes halogenated alkanes) is 2. The number of carbonyl (C=O) groups excluding carboxylic acids is 2. The van der Waals surface area contributed by atoms with Gasteiger partial charge in [-0.3, -0.25) is 14.5 Å². The molecule has 0 aliphatic heterocycles. The second kappa shape index (κ2) is 11.7. The zero-order valence-electron chi connectivity index (χ0n) is 13.5. The third-order valence-corrected chi connectivity index (χ3v) is 3.25. The monoisotopic (exact) mass is 286 g/mol. The molecule has 20 heavy (non-hydrogen) atoms. The van der Waals surface area contributed by atoms with Crippen molar-refractivity contribution in [3.63, 3.8) is 0 Å². The van der Waals surface area contributed by atoms with Gasteiger partial charge in [-0.25, -0.2) is 0 Å². The predicted octanol–water partition coefficient (Wildman–Crippen LogP) is 1.91. The summed E-state index contributed by atoms with van der Waals surface area (Å²) in [5.74, 6) is -0.0858. The first-order chi connectivity index (χ1) is 9.54. The van der Waals surface area contributed by atoms with E-state index in [1.807, 2.05) is 16.8 Å². The average Bonchev–Trinajstić information content (AvgIpc) is 2.44. The lowest BCUT2D eigenvalue weighted by molar-refractivity contribution is -0.141. The number of amides is 1. The molecule has 0 N–H and O–H groups in total. The average molecular weight is 286 g/mol. The molecule has 0 aromatic heterocycles. The summed E-state index contributed by atoms with van der Waals surface area (Å²) in [5.41, 5.74) is 0. The van der Waals surface area contributed by atoms with Crippen molar-refractivity contribution in [3.05, 3.63) is 0 Å². The number of hydrogen-bond donors (Lipinski definition) is 0. The van der Waals surface area contributed by atoms with Crippen LogP contribution in [-0.2, 0) is 14.3 Å². The van der Waals surface area contributed by atoms with Crippen LogP contribution in [0.15, 0.2) is 0 Å². The molecule has 118 valence electrons. The Balaban J connectivity index is 4.17. The molecule has 5 heteroatoms. The van der Waals surface area contributed by atoms with E-state index >= 15 is 0 Å². The molecule has 0 aromatic rings. The Morgan fingerprint density at radius 1 is 1.00 bits per heavy atom.